The monoisotopic (exact) mass is 237 g/mol. The molecule has 1 aromatic rings. The summed E-state index contributed by atoms with van der Waals surface area (Å²) in [5, 5.41) is 3.53. The number of hydrogen-bond acceptors (Lipinski definition) is 3. The molecule has 0 unspecified atom stereocenters. The van der Waals surface area contributed by atoms with Crippen molar-refractivity contribution < 1.29 is 4.74 Å². The maximum atomic E-state index is 5.47. The quantitative estimate of drug-likeness (QED) is 0.581. The van der Waals surface area contributed by atoms with Crippen LogP contribution in [0.5, 0.6) is 0 Å². The molecule has 1 heterocycles. The zero-order valence-corrected chi connectivity index (χ0v) is 10.6. The lowest BCUT2D eigenvalue weighted by Crippen LogP contribution is -2.14. The van der Waals surface area contributed by atoms with Crippen LogP contribution in [0, 0.1) is 6.92 Å². The van der Waals surface area contributed by atoms with Gasteiger partial charge in [-0.25, -0.2) is 0 Å². The van der Waals surface area contributed by atoms with Gasteiger partial charge in [0.05, 0.1) is 13.2 Å². The number of nitrogens with one attached hydrogen (secondary N) is 1. The Morgan fingerprint density at radius 1 is 1.62 bits per heavy atom. The summed E-state index contributed by atoms with van der Waals surface area (Å²) in [5.41, 5.74) is 1.32. The lowest BCUT2D eigenvalue weighted by molar-refractivity contribution is 0.149. The molecule has 0 spiro atoms. The molecule has 2 nitrogen and oxygen atoms in total. The van der Waals surface area contributed by atoms with Gasteiger partial charge in [-0.3, -0.25) is 0 Å². The second kappa shape index (κ2) is 5.62. The molecule has 1 fully saturated rings. The predicted molar refractivity (Wildman–Crippen MR) is 68.8 cm³/mol. The third kappa shape index (κ3) is 3.44. The number of aryl methyl sites for hydroxylation is 1. The van der Waals surface area contributed by atoms with E-state index in [4.69, 9.17) is 4.74 Å². The van der Waals surface area contributed by atoms with Crippen molar-refractivity contribution in [2.45, 2.75) is 39.0 Å². The summed E-state index contributed by atoms with van der Waals surface area (Å²) in [6, 6.07) is 3.04. The van der Waals surface area contributed by atoms with Gasteiger partial charge in [0.1, 0.15) is 0 Å². The summed E-state index contributed by atoms with van der Waals surface area (Å²) in [6.45, 7) is 8.16. The standard InChI is InChI=1S/C13H19NOS/c1-3-6-15-9-11-7-13(16-10(11)2)8-14-12-4-5-12/h3,7,12,14H,1,4-6,8-9H2,2H3. The van der Waals surface area contributed by atoms with Crippen LogP contribution in [0.4, 0.5) is 0 Å². The fourth-order valence-electron chi connectivity index (χ4n) is 1.60. The molecule has 2 rings (SSSR count). The maximum Gasteiger partial charge on any atom is 0.0731 e. The SMILES string of the molecule is C=CCOCc1cc(CNC2CC2)sc1C. The van der Waals surface area contributed by atoms with Crippen molar-refractivity contribution in [2.24, 2.45) is 0 Å². The zero-order chi connectivity index (χ0) is 11.4. The van der Waals surface area contributed by atoms with Gasteiger partial charge >= 0.3 is 0 Å². The highest BCUT2D eigenvalue weighted by molar-refractivity contribution is 7.12. The lowest BCUT2D eigenvalue weighted by atomic mass is 10.2. The first kappa shape index (κ1) is 11.8. The highest BCUT2D eigenvalue weighted by Gasteiger charge is 2.20. The van der Waals surface area contributed by atoms with Crippen LogP contribution in [-0.2, 0) is 17.9 Å². The average molecular weight is 237 g/mol. The van der Waals surface area contributed by atoms with Gasteiger partial charge in [-0.1, -0.05) is 6.08 Å². The number of rotatable bonds is 7. The van der Waals surface area contributed by atoms with E-state index in [2.05, 4.69) is 24.9 Å². The summed E-state index contributed by atoms with van der Waals surface area (Å²) >= 11 is 1.87. The normalized spacial score (nSPS) is 15.3. The van der Waals surface area contributed by atoms with Crippen LogP contribution in [0.3, 0.4) is 0 Å². The predicted octanol–water partition coefficient (Wildman–Crippen LogP) is 3.01. The van der Waals surface area contributed by atoms with E-state index < -0.39 is 0 Å². The van der Waals surface area contributed by atoms with E-state index in [0.717, 1.165) is 12.6 Å². The molecule has 1 N–H and O–H groups in total. The molecule has 1 saturated carbocycles. The molecule has 1 aliphatic rings. The van der Waals surface area contributed by atoms with Crippen LogP contribution < -0.4 is 5.32 Å². The second-order valence-electron chi connectivity index (χ2n) is 4.25. The zero-order valence-electron chi connectivity index (χ0n) is 9.79. The van der Waals surface area contributed by atoms with Gasteiger partial charge in [-0.05, 0) is 31.4 Å². The molecule has 88 valence electrons. The highest BCUT2D eigenvalue weighted by atomic mass is 32.1. The van der Waals surface area contributed by atoms with Crippen molar-refractivity contribution >= 4 is 11.3 Å². The van der Waals surface area contributed by atoms with E-state index in [9.17, 15) is 0 Å². The lowest BCUT2D eigenvalue weighted by Gasteiger charge is -1.99. The van der Waals surface area contributed by atoms with Crippen molar-refractivity contribution in [3.63, 3.8) is 0 Å². The molecule has 0 saturated heterocycles. The van der Waals surface area contributed by atoms with Crippen molar-refractivity contribution in [3.05, 3.63) is 34.0 Å². The Bertz CT molecular complexity index is 355. The van der Waals surface area contributed by atoms with Crippen LogP contribution in [0.1, 0.15) is 28.2 Å². The van der Waals surface area contributed by atoms with E-state index in [1.165, 1.54) is 28.2 Å². The van der Waals surface area contributed by atoms with Crippen LogP contribution >= 0.6 is 11.3 Å². The second-order valence-corrected chi connectivity index (χ2v) is 5.59. The maximum absolute atomic E-state index is 5.47. The Kier molecular flexibility index (Phi) is 4.16. The minimum absolute atomic E-state index is 0.630. The topological polar surface area (TPSA) is 21.3 Å². The van der Waals surface area contributed by atoms with Crippen LogP contribution in [-0.4, -0.2) is 12.6 Å². The molecule has 0 aromatic carbocycles. The van der Waals surface area contributed by atoms with E-state index in [1.807, 2.05) is 11.3 Å². The van der Waals surface area contributed by atoms with Crippen LogP contribution in [0.2, 0.25) is 0 Å². The van der Waals surface area contributed by atoms with E-state index in [0.29, 0.717) is 13.2 Å². The van der Waals surface area contributed by atoms with Crippen molar-refractivity contribution in [2.75, 3.05) is 6.61 Å². The van der Waals surface area contributed by atoms with Gasteiger partial charge in [0.25, 0.3) is 0 Å². The summed E-state index contributed by atoms with van der Waals surface area (Å²) in [5.74, 6) is 0. The molecular formula is C13H19NOS. The van der Waals surface area contributed by atoms with Crippen LogP contribution in [0.15, 0.2) is 18.7 Å². The number of ether oxygens (including phenoxy) is 1. The van der Waals surface area contributed by atoms with E-state index in [-0.39, 0.29) is 0 Å². The third-order valence-corrected chi connectivity index (χ3v) is 3.80. The Morgan fingerprint density at radius 3 is 3.12 bits per heavy atom. The molecule has 3 heteroatoms. The van der Waals surface area contributed by atoms with Crippen molar-refractivity contribution in [3.8, 4) is 0 Å². The van der Waals surface area contributed by atoms with Gasteiger partial charge in [0, 0.05) is 22.3 Å². The summed E-state index contributed by atoms with van der Waals surface area (Å²) in [7, 11) is 0. The van der Waals surface area contributed by atoms with Gasteiger partial charge in [-0.15, -0.1) is 17.9 Å². The molecule has 0 bridgehead atoms. The van der Waals surface area contributed by atoms with Crippen LogP contribution in [0.25, 0.3) is 0 Å². The first-order valence-corrected chi connectivity index (χ1v) is 6.61. The fraction of sp³-hybridized carbons (Fsp3) is 0.538. The first-order chi connectivity index (χ1) is 7.79. The van der Waals surface area contributed by atoms with E-state index >= 15 is 0 Å². The molecule has 0 atom stereocenters. The smallest absolute Gasteiger partial charge is 0.0731 e. The van der Waals surface area contributed by atoms with Gasteiger partial charge < -0.3 is 10.1 Å². The molecular weight excluding hydrogens is 218 g/mol. The van der Waals surface area contributed by atoms with Gasteiger partial charge in [0.15, 0.2) is 0 Å². The van der Waals surface area contributed by atoms with E-state index in [1.54, 1.807) is 6.08 Å². The molecule has 0 radical (unpaired) electrons. The van der Waals surface area contributed by atoms with Gasteiger partial charge in [0.2, 0.25) is 0 Å². The summed E-state index contributed by atoms with van der Waals surface area (Å²) in [4.78, 5) is 2.79. The Hall–Kier alpha value is -0.640. The molecule has 1 aromatic heterocycles. The molecule has 0 amide bonds. The van der Waals surface area contributed by atoms with Crippen molar-refractivity contribution in [1.29, 1.82) is 0 Å². The Labute approximate surface area is 101 Å². The molecule has 1 aliphatic carbocycles. The Balaban J connectivity index is 1.83. The molecule has 0 aliphatic heterocycles. The average Bonchev–Trinajstić information content (AvgIpc) is 3.02. The number of hydrogen-bond donors (Lipinski definition) is 1. The Morgan fingerprint density at radius 2 is 2.44 bits per heavy atom. The highest BCUT2D eigenvalue weighted by Crippen LogP contribution is 2.24. The first-order valence-electron chi connectivity index (χ1n) is 5.80. The fourth-order valence-corrected chi connectivity index (χ4v) is 2.60. The third-order valence-electron chi connectivity index (χ3n) is 2.71. The minimum Gasteiger partial charge on any atom is -0.373 e. The summed E-state index contributed by atoms with van der Waals surface area (Å²) in [6.07, 6.45) is 4.48. The van der Waals surface area contributed by atoms with Gasteiger partial charge in [-0.2, -0.15) is 0 Å². The summed E-state index contributed by atoms with van der Waals surface area (Å²) < 4.78 is 5.47. The minimum atomic E-state index is 0.630. The largest absolute Gasteiger partial charge is 0.373 e. The number of thiophene rings is 1. The van der Waals surface area contributed by atoms with Crippen molar-refractivity contribution in [1.82, 2.24) is 5.32 Å². The molecule has 16 heavy (non-hydrogen) atoms.